The van der Waals surface area contributed by atoms with Crippen molar-refractivity contribution >= 4 is 49.4 Å². The normalized spacial score (nSPS) is 16.9. The van der Waals surface area contributed by atoms with E-state index in [1.54, 1.807) is 18.2 Å². The fourth-order valence-corrected chi connectivity index (χ4v) is 2.59. The summed E-state index contributed by atoms with van der Waals surface area (Å²) in [5.41, 5.74) is 0.604. The largest absolute Gasteiger partial charge is 0.346 e. The lowest BCUT2D eigenvalue weighted by Gasteiger charge is -2.14. The Labute approximate surface area is 116 Å². The molecular formula is C11H10Br2ClNO. The van der Waals surface area contributed by atoms with Gasteiger partial charge in [0.2, 0.25) is 0 Å². The van der Waals surface area contributed by atoms with E-state index in [2.05, 4.69) is 37.2 Å². The molecule has 5 heteroatoms. The highest BCUT2D eigenvalue weighted by Gasteiger charge is 2.42. The average molecular weight is 367 g/mol. The lowest BCUT2D eigenvalue weighted by molar-refractivity contribution is 0.0936. The topological polar surface area (TPSA) is 29.1 Å². The Kier molecular flexibility index (Phi) is 3.62. The van der Waals surface area contributed by atoms with Gasteiger partial charge in [0.25, 0.3) is 5.91 Å². The highest BCUT2D eigenvalue weighted by atomic mass is 79.9. The number of benzene rings is 1. The van der Waals surface area contributed by atoms with Crippen LogP contribution in [0.2, 0.25) is 5.02 Å². The number of amides is 1. The quantitative estimate of drug-likeness (QED) is 0.810. The summed E-state index contributed by atoms with van der Waals surface area (Å²) in [6.07, 6.45) is 2.08. The Morgan fingerprint density at radius 2 is 2.19 bits per heavy atom. The van der Waals surface area contributed by atoms with Crippen molar-refractivity contribution in [3.63, 3.8) is 0 Å². The molecule has 0 heterocycles. The summed E-state index contributed by atoms with van der Waals surface area (Å²) in [6, 6.07) is 5.18. The van der Waals surface area contributed by atoms with Crippen LogP contribution in [0.15, 0.2) is 22.7 Å². The summed E-state index contributed by atoms with van der Waals surface area (Å²) in [5, 5.41) is 4.45. The van der Waals surface area contributed by atoms with Crippen LogP contribution in [0.3, 0.4) is 0 Å². The molecule has 16 heavy (non-hydrogen) atoms. The molecule has 1 fully saturated rings. The highest BCUT2D eigenvalue weighted by Crippen LogP contribution is 2.37. The zero-order valence-corrected chi connectivity index (χ0v) is 12.3. The predicted molar refractivity (Wildman–Crippen MR) is 72.4 cm³/mol. The van der Waals surface area contributed by atoms with Gasteiger partial charge in [-0.3, -0.25) is 4.79 Å². The zero-order valence-electron chi connectivity index (χ0n) is 8.40. The van der Waals surface area contributed by atoms with Gasteiger partial charge in [0.05, 0.1) is 10.6 Å². The summed E-state index contributed by atoms with van der Waals surface area (Å²) in [7, 11) is 0. The number of carbonyl (C=O) groups is 1. The van der Waals surface area contributed by atoms with Crippen LogP contribution in [0.5, 0.6) is 0 Å². The molecule has 1 aliphatic rings. The second kappa shape index (κ2) is 4.67. The molecule has 1 aromatic carbocycles. The second-order valence-electron chi connectivity index (χ2n) is 4.00. The molecule has 2 nitrogen and oxygen atoms in total. The van der Waals surface area contributed by atoms with E-state index in [-0.39, 0.29) is 11.4 Å². The first-order valence-corrected chi connectivity index (χ1v) is 7.19. The third kappa shape index (κ3) is 2.60. The molecule has 0 spiro atoms. The first-order chi connectivity index (χ1) is 7.56. The lowest BCUT2D eigenvalue weighted by atomic mass is 10.2. The van der Waals surface area contributed by atoms with Crippen molar-refractivity contribution in [1.82, 2.24) is 5.32 Å². The van der Waals surface area contributed by atoms with E-state index in [0.717, 1.165) is 22.6 Å². The van der Waals surface area contributed by atoms with E-state index < -0.39 is 0 Å². The van der Waals surface area contributed by atoms with Crippen molar-refractivity contribution in [1.29, 1.82) is 0 Å². The van der Waals surface area contributed by atoms with E-state index in [4.69, 9.17) is 11.6 Å². The molecule has 1 amide bonds. The van der Waals surface area contributed by atoms with Crippen LogP contribution in [0.25, 0.3) is 0 Å². The van der Waals surface area contributed by atoms with E-state index in [1.807, 2.05) is 0 Å². The van der Waals surface area contributed by atoms with E-state index in [9.17, 15) is 4.79 Å². The number of hydrogen-bond donors (Lipinski definition) is 1. The molecule has 0 bridgehead atoms. The van der Waals surface area contributed by atoms with Crippen molar-refractivity contribution < 1.29 is 4.79 Å². The Morgan fingerprint density at radius 3 is 2.69 bits per heavy atom. The third-order valence-electron chi connectivity index (χ3n) is 2.67. The van der Waals surface area contributed by atoms with Crippen LogP contribution < -0.4 is 5.32 Å². The predicted octanol–water partition coefficient (Wildman–Crippen LogP) is 3.76. The maximum Gasteiger partial charge on any atom is 0.251 e. The van der Waals surface area contributed by atoms with Crippen LogP contribution in [0, 0.1) is 0 Å². The molecule has 86 valence electrons. The molecule has 1 aromatic rings. The zero-order chi connectivity index (χ0) is 11.8. The number of nitrogens with one attached hydrogen (secondary N) is 1. The minimum atomic E-state index is -0.0469. The standard InChI is InChI=1S/C11H10Br2ClNO/c12-6-11(3-4-11)15-10(16)7-1-2-9(14)8(13)5-7/h1-2,5H,3-4,6H2,(H,15,16). The van der Waals surface area contributed by atoms with Crippen LogP contribution in [0.1, 0.15) is 23.2 Å². The highest BCUT2D eigenvalue weighted by molar-refractivity contribution is 9.10. The molecule has 1 aliphatic carbocycles. The first kappa shape index (κ1) is 12.4. The van der Waals surface area contributed by atoms with Gasteiger partial charge >= 0.3 is 0 Å². The number of hydrogen-bond acceptors (Lipinski definition) is 1. The van der Waals surface area contributed by atoms with Crippen LogP contribution in [-0.4, -0.2) is 16.8 Å². The van der Waals surface area contributed by atoms with Gasteiger partial charge in [-0.2, -0.15) is 0 Å². The van der Waals surface area contributed by atoms with Crippen LogP contribution >= 0.6 is 43.5 Å². The molecule has 0 radical (unpaired) electrons. The Morgan fingerprint density at radius 1 is 1.50 bits per heavy atom. The van der Waals surface area contributed by atoms with Crippen molar-refractivity contribution in [3.05, 3.63) is 33.3 Å². The van der Waals surface area contributed by atoms with E-state index in [0.29, 0.717) is 10.6 Å². The Hall–Kier alpha value is -0.0600. The molecule has 1 saturated carbocycles. The number of alkyl halides is 1. The molecule has 0 atom stereocenters. The van der Waals surface area contributed by atoms with Crippen molar-refractivity contribution in [2.75, 3.05) is 5.33 Å². The van der Waals surface area contributed by atoms with Gasteiger partial charge in [-0.1, -0.05) is 27.5 Å². The minimum Gasteiger partial charge on any atom is -0.346 e. The van der Waals surface area contributed by atoms with E-state index in [1.165, 1.54) is 0 Å². The monoisotopic (exact) mass is 365 g/mol. The maximum atomic E-state index is 11.9. The smallest absolute Gasteiger partial charge is 0.251 e. The molecule has 0 unspecified atom stereocenters. The molecular weight excluding hydrogens is 357 g/mol. The maximum absolute atomic E-state index is 11.9. The van der Waals surface area contributed by atoms with Gasteiger partial charge in [0, 0.05) is 15.4 Å². The molecule has 1 N–H and O–H groups in total. The van der Waals surface area contributed by atoms with Gasteiger partial charge in [0.15, 0.2) is 0 Å². The SMILES string of the molecule is O=C(NC1(CBr)CC1)c1ccc(Cl)c(Br)c1. The summed E-state index contributed by atoms with van der Waals surface area (Å²) < 4.78 is 0.741. The first-order valence-electron chi connectivity index (χ1n) is 4.90. The Balaban J connectivity index is 2.12. The number of carbonyl (C=O) groups excluding carboxylic acids is 1. The minimum absolute atomic E-state index is 0.0246. The summed E-state index contributed by atoms with van der Waals surface area (Å²) in [5.74, 6) is -0.0469. The van der Waals surface area contributed by atoms with E-state index >= 15 is 0 Å². The van der Waals surface area contributed by atoms with Crippen molar-refractivity contribution in [2.45, 2.75) is 18.4 Å². The molecule has 2 rings (SSSR count). The van der Waals surface area contributed by atoms with Crippen LogP contribution in [-0.2, 0) is 0 Å². The fraction of sp³-hybridized carbons (Fsp3) is 0.364. The number of halogens is 3. The Bertz CT molecular complexity index is 432. The summed E-state index contributed by atoms with van der Waals surface area (Å²) in [4.78, 5) is 11.9. The van der Waals surface area contributed by atoms with Gasteiger partial charge in [-0.05, 0) is 47.0 Å². The second-order valence-corrected chi connectivity index (χ2v) is 5.82. The molecule has 0 aromatic heterocycles. The van der Waals surface area contributed by atoms with Crippen molar-refractivity contribution in [2.24, 2.45) is 0 Å². The summed E-state index contributed by atoms with van der Waals surface area (Å²) >= 11 is 12.6. The summed E-state index contributed by atoms with van der Waals surface area (Å²) in [6.45, 7) is 0. The third-order valence-corrected chi connectivity index (χ3v) is 4.96. The molecule has 0 saturated heterocycles. The van der Waals surface area contributed by atoms with Gasteiger partial charge in [-0.15, -0.1) is 0 Å². The van der Waals surface area contributed by atoms with Gasteiger partial charge < -0.3 is 5.32 Å². The fourth-order valence-electron chi connectivity index (χ4n) is 1.39. The van der Waals surface area contributed by atoms with Gasteiger partial charge in [-0.25, -0.2) is 0 Å². The molecule has 0 aliphatic heterocycles. The lowest BCUT2D eigenvalue weighted by Crippen LogP contribution is -2.38. The van der Waals surface area contributed by atoms with Crippen LogP contribution in [0.4, 0.5) is 0 Å². The van der Waals surface area contributed by atoms with Gasteiger partial charge in [0.1, 0.15) is 0 Å². The van der Waals surface area contributed by atoms with Crippen molar-refractivity contribution in [3.8, 4) is 0 Å². The number of rotatable bonds is 3. The average Bonchev–Trinajstić information content (AvgIpc) is 3.02.